The van der Waals surface area contributed by atoms with Crippen LogP contribution in [0.15, 0.2) is 36.4 Å². The number of anilines is 2. The molecule has 0 spiro atoms. The van der Waals surface area contributed by atoms with E-state index in [2.05, 4.69) is 5.32 Å². The second kappa shape index (κ2) is 7.94. The van der Waals surface area contributed by atoms with E-state index < -0.39 is 23.2 Å². The topological polar surface area (TPSA) is 89.9 Å². The number of carbonyl (C=O) groups is 3. The lowest BCUT2D eigenvalue weighted by Gasteiger charge is -2.22. The highest BCUT2D eigenvalue weighted by atomic mass is 35.5. The van der Waals surface area contributed by atoms with Crippen LogP contribution in [0.3, 0.4) is 0 Å². The Balaban J connectivity index is 1.48. The molecule has 2 aromatic carbocycles. The molecular weight excluding hydrogens is 425 g/mol. The summed E-state index contributed by atoms with van der Waals surface area (Å²) in [4.78, 5) is 40.3. The van der Waals surface area contributed by atoms with Crippen LogP contribution < -0.4 is 15.1 Å². The molecule has 1 saturated heterocycles. The Morgan fingerprint density at radius 1 is 1.23 bits per heavy atom. The molecule has 2 aliphatic heterocycles. The predicted molar refractivity (Wildman–Crippen MR) is 113 cm³/mol. The van der Waals surface area contributed by atoms with Crippen LogP contribution in [0.5, 0.6) is 0 Å². The first-order chi connectivity index (χ1) is 14.7. The van der Waals surface area contributed by atoms with Crippen molar-refractivity contribution < 1.29 is 23.9 Å². The Morgan fingerprint density at radius 2 is 2.00 bits per heavy atom. The number of fused-ring (bicyclic) bond motifs is 1. The van der Waals surface area contributed by atoms with Crippen molar-refractivity contribution in [2.45, 2.75) is 31.9 Å². The summed E-state index contributed by atoms with van der Waals surface area (Å²) in [5, 5.41) is 13.5. The van der Waals surface area contributed by atoms with Crippen molar-refractivity contribution in [2.24, 2.45) is 0 Å². The molecule has 1 atom stereocenters. The zero-order chi connectivity index (χ0) is 22.3. The largest absolute Gasteiger partial charge is 0.372 e. The molecule has 2 heterocycles. The van der Waals surface area contributed by atoms with Crippen LogP contribution in [0.1, 0.15) is 24.5 Å². The summed E-state index contributed by atoms with van der Waals surface area (Å²) in [6, 6.07) is 9.15. The van der Waals surface area contributed by atoms with Gasteiger partial charge >= 0.3 is 0 Å². The van der Waals surface area contributed by atoms with Crippen LogP contribution in [-0.2, 0) is 27.3 Å². The third-order valence-corrected chi connectivity index (χ3v) is 5.92. The molecule has 2 aromatic rings. The van der Waals surface area contributed by atoms with Gasteiger partial charge < -0.3 is 20.2 Å². The highest BCUT2D eigenvalue weighted by Crippen LogP contribution is 2.35. The van der Waals surface area contributed by atoms with E-state index in [-0.39, 0.29) is 30.4 Å². The lowest BCUT2D eigenvalue weighted by molar-refractivity contribution is -0.149. The fourth-order valence-corrected chi connectivity index (χ4v) is 4.33. The van der Waals surface area contributed by atoms with Gasteiger partial charge in [0.2, 0.25) is 11.5 Å². The smallest absolute Gasteiger partial charge is 0.268 e. The van der Waals surface area contributed by atoms with Crippen molar-refractivity contribution in [2.75, 3.05) is 22.9 Å². The minimum absolute atomic E-state index is 0.0469. The van der Waals surface area contributed by atoms with Crippen LogP contribution in [-0.4, -0.2) is 41.5 Å². The predicted octanol–water partition coefficient (Wildman–Crippen LogP) is 2.17. The van der Waals surface area contributed by atoms with Crippen molar-refractivity contribution in [3.63, 3.8) is 0 Å². The molecule has 0 bridgehead atoms. The summed E-state index contributed by atoms with van der Waals surface area (Å²) in [5.74, 6) is -2.15. The molecule has 7 nitrogen and oxygen atoms in total. The number of hydrogen-bond donors (Lipinski definition) is 2. The molecule has 2 N–H and O–H groups in total. The van der Waals surface area contributed by atoms with E-state index in [4.69, 9.17) is 11.6 Å². The summed E-state index contributed by atoms with van der Waals surface area (Å²) in [5.41, 5.74) is 0.516. The molecule has 162 valence electrons. The van der Waals surface area contributed by atoms with E-state index in [1.54, 1.807) is 17.0 Å². The van der Waals surface area contributed by atoms with Gasteiger partial charge in [0, 0.05) is 49.4 Å². The van der Waals surface area contributed by atoms with E-state index in [1.165, 1.54) is 24.0 Å². The van der Waals surface area contributed by atoms with E-state index in [0.717, 1.165) is 17.3 Å². The third kappa shape index (κ3) is 3.88. The number of nitrogens with zero attached hydrogens (tertiary/aromatic N) is 2. The van der Waals surface area contributed by atoms with Gasteiger partial charge in [0.25, 0.3) is 11.8 Å². The average molecular weight is 446 g/mol. The summed E-state index contributed by atoms with van der Waals surface area (Å²) in [6.45, 7) is 2.18. The number of nitrogens with one attached hydrogen (secondary N) is 1. The maximum absolute atomic E-state index is 13.5. The number of rotatable bonds is 4. The lowest BCUT2D eigenvalue weighted by atomic mass is 10.0. The molecule has 31 heavy (non-hydrogen) atoms. The minimum atomic E-state index is -2.21. The Morgan fingerprint density at radius 3 is 2.71 bits per heavy atom. The van der Waals surface area contributed by atoms with Crippen LogP contribution in [0.2, 0.25) is 5.02 Å². The Bertz CT molecular complexity index is 1070. The van der Waals surface area contributed by atoms with Crippen molar-refractivity contribution in [1.82, 2.24) is 5.32 Å². The van der Waals surface area contributed by atoms with Crippen molar-refractivity contribution in [1.29, 1.82) is 0 Å². The maximum Gasteiger partial charge on any atom is 0.268 e. The molecule has 0 radical (unpaired) electrons. The highest BCUT2D eigenvalue weighted by Gasteiger charge is 2.51. The molecule has 0 aromatic heterocycles. The first kappa shape index (κ1) is 21.3. The van der Waals surface area contributed by atoms with Gasteiger partial charge in [0.1, 0.15) is 5.82 Å². The van der Waals surface area contributed by atoms with Gasteiger partial charge in [-0.2, -0.15) is 0 Å². The average Bonchev–Trinajstić information content (AvgIpc) is 3.27. The van der Waals surface area contributed by atoms with Gasteiger partial charge in [0.05, 0.1) is 0 Å². The number of hydrogen-bond acceptors (Lipinski definition) is 4. The Labute approximate surface area is 183 Å². The SMILES string of the molecule is CC(=O)N1CCc2cc(N3CCC(O)(C(=O)NCc4cc(F)cc(Cl)c4)C3=O)ccc21. The van der Waals surface area contributed by atoms with Gasteiger partial charge in [-0.05, 0) is 53.9 Å². The van der Waals surface area contributed by atoms with Crippen LogP contribution in [0.25, 0.3) is 0 Å². The molecule has 9 heteroatoms. The summed E-state index contributed by atoms with van der Waals surface area (Å²) >= 11 is 5.81. The number of halogens is 2. The van der Waals surface area contributed by atoms with Crippen molar-refractivity contribution in [3.8, 4) is 0 Å². The highest BCUT2D eigenvalue weighted by molar-refractivity contribution is 6.30. The number of carbonyl (C=O) groups excluding carboxylic acids is 3. The zero-order valence-corrected chi connectivity index (χ0v) is 17.6. The molecule has 0 aliphatic carbocycles. The van der Waals surface area contributed by atoms with E-state index in [0.29, 0.717) is 24.2 Å². The normalized spacial score (nSPS) is 20.2. The molecule has 1 unspecified atom stereocenters. The first-order valence-corrected chi connectivity index (χ1v) is 10.3. The maximum atomic E-state index is 13.5. The van der Waals surface area contributed by atoms with E-state index in [9.17, 15) is 23.9 Å². The second-order valence-electron chi connectivity index (χ2n) is 7.76. The number of benzene rings is 2. The van der Waals surface area contributed by atoms with Crippen molar-refractivity contribution in [3.05, 3.63) is 58.4 Å². The third-order valence-electron chi connectivity index (χ3n) is 5.70. The standard InChI is InChI=1S/C22H21ClFN3O4/c1-13(28)26-6-4-15-10-18(2-3-19(15)26)27-7-5-22(31,21(27)30)20(29)25-12-14-8-16(23)11-17(24)9-14/h2-3,8-11,31H,4-7,12H2,1H3,(H,25,29). The number of aliphatic hydroxyl groups is 1. The fraction of sp³-hybridized carbons (Fsp3) is 0.318. The van der Waals surface area contributed by atoms with Gasteiger partial charge in [0.15, 0.2) is 0 Å². The van der Waals surface area contributed by atoms with Gasteiger partial charge in [-0.1, -0.05) is 11.6 Å². The number of amides is 3. The van der Waals surface area contributed by atoms with E-state index >= 15 is 0 Å². The van der Waals surface area contributed by atoms with Crippen LogP contribution in [0, 0.1) is 5.82 Å². The second-order valence-corrected chi connectivity index (χ2v) is 8.20. The minimum Gasteiger partial charge on any atom is -0.372 e. The zero-order valence-electron chi connectivity index (χ0n) is 16.8. The first-order valence-electron chi connectivity index (χ1n) is 9.88. The summed E-state index contributed by atoms with van der Waals surface area (Å²) < 4.78 is 13.5. The van der Waals surface area contributed by atoms with Crippen molar-refractivity contribution >= 4 is 40.7 Å². The Kier molecular flexibility index (Phi) is 5.45. The molecule has 4 rings (SSSR count). The Hall–Kier alpha value is -2.97. The summed E-state index contributed by atoms with van der Waals surface area (Å²) in [6.07, 6.45) is 0.601. The molecular formula is C22H21ClFN3O4. The lowest BCUT2D eigenvalue weighted by Crippen LogP contribution is -2.52. The quantitative estimate of drug-likeness (QED) is 0.706. The molecule has 3 amide bonds. The molecule has 0 saturated carbocycles. The van der Waals surface area contributed by atoms with E-state index in [1.807, 2.05) is 6.07 Å². The molecule has 1 fully saturated rings. The van der Waals surface area contributed by atoms with Gasteiger partial charge in [-0.15, -0.1) is 0 Å². The van der Waals surface area contributed by atoms with Gasteiger partial charge in [-0.3, -0.25) is 14.4 Å². The fourth-order valence-electron chi connectivity index (χ4n) is 4.09. The van der Waals surface area contributed by atoms with Gasteiger partial charge in [-0.25, -0.2) is 4.39 Å². The summed E-state index contributed by atoms with van der Waals surface area (Å²) in [7, 11) is 0. The van der Waals surface area contributed by atoms with Crippen LogP contribution in [0.4, 0.5) is 15.8 Å². The monoisotopic (exact) mass is 445 g/mol. The molecule has 2 aliphatic rings. The van der Waals surface area contributed by atoms with Crippen LogP contribution >= 0.6 is 11.6 Å².